The number of aromatic nitrogens is 2. The number of nitrogens with zero attached hydrogens (tertiary/aromatic N) is 1. The number of imidazole rings is 1. The molecule has 5 nitrogen and oxygen atoms in total. The third-order valence-corrected chi connectivity index (χ3v) is 4.39. The summed E-state index contributed by atoms with van der Waals surface area (Å²) in [7, 11) is 1.67. The summed E-state index contributed by atoms with van der Waals surface area (Å²) < 4.78 is 0. The van der Waals surface area contributed by atoms with Gasteiger partial charge < -0.3 is 15.4 Å². The van der Waals surface area contributed by atoms with Gasteiger partial charge in [0.15, 0.2) is 5.16 Å². The van der Waals surface area contributed by atoms with Gasteiger partial charge in [-0.25, -0.2) is 4.98 Å². The zero-order valence-electron chi connectivity index (χ0n) is 11.8. The van der Waals surface area contributed by atoms with Crippen molar-refractivity contribution in [3.8, 4) is 0 Å². The molecule has 0 saturated heterocycles. The van der Waals surface area contributed by atoms with Crippen LogP contribution >= 0.6 is 11.8 Å². The number of rotatable bonds is 6. The first-order valence-electron chi connectivity index (χ1n) is 6.48. The molecular formula is C14H19N3O2S. The van der Waals surface area contributed by atoms with Crippen molar-refractivity contribution in [3.05, 3.63) is 24.3 Å². The maximum atomic E-state index is 11.3. The summed E-state index contributed by atoms with van der Waals surface area (Å²) in [6.45, 7) is 3.71. The van der Waals surface area contributed by atoms with Gasteiger partial charge >= 0.3 is 5.97 Å². The Morgan fingerprint density at radius 2 is 2.25 bits per heavy atom. The molecule has 0 aliphatic heterocycles. The van der Waals surface area contributed by atoms with Crippen molar-refractivity contribution in [2.75, 3.05) is 7.05 Å². The van der Waals surface area contributed by atoms with Crippen LogP contribution < -0.4 is 5.32 Å². The van der Waals surface area contributed by atoms with Gasteiger partial charge in [0.25, 0.3) is 0 Å². The van der Waals surface area contributed by atoms with Gasteiger partial charge in [-0.1, -0.05) is 30.8 Å². The molecule has 0 aliphatic rings. The average molecular weight is 293 g/mol. The molecular weight excluding hydrogens is 274 g/mol. The fraction of sp³-hybridized carbons (Fsp3) is 0.429. The predicted molar refractivity (Wildman–Crippen MR) is 81.1 cm³/mol. The van der Waals surface area contributed by atoms with E-state index in [1.54, 1.807) is 25.7 Å². The van der Waals surface area contributed by atoms with Gasteiger partial charge in [0.05, 0.1) is 11.0 Å². The number of carboxylic acids is 1. The molecule has 0 aliphatic carbocycles. The Kier molecular flexibility index (Phi) is 4.35. The number of carboxylic acid groups (broad SMARTS) is 1. The number of para-hydroxylation sites is 2. The first-order valence-corrected chi connectivity index (χ1v) is 7.36. The van der Waals surface area contributed by atoms with E-state index in [-0.39, 0.29) is 5.25 Å². The monoisotopic (exact) mass is 293 g/mol. The van der Waals surface area contributed by atoms with E-state index in [1.165, 1.54) is 0 Å². The Labute approximate surface area is 122 Å². The minimum Gasteiger partial charge on any atom is -0.480 e. The Morgan fingerprint density at radius 3 is 2.85 bits per heavy atom. The molecule has 2 rings (SSSR count). The van der Waals surface area contributed by atoms with E-state index < -0.39 is 11.5 Å². The molecule has 6 heteroatoms. The van der Waals surface area contributed by atoms with E-state index in [0.29, 0.717) is 6.42 Å². The number of aromatic amines is 1. The van der Waals surface area contributed by atoms with Crippen LogP contribution in [0.4, 0.5) is 0 Å². The lowest BCUT2D eigenvalue weighted by Crippen LogP contribution is -2.49. The summed E-state index contributed by atoms with van der Waals surface area (Å²) in [4.78, 5) is 19.0. The van der Waals surface area contributed by atoms with Crippen molar-refractivity contribution in [1.29, 1.82) is 0 Å². The summed E-state index contributed by atoms with van der Waals surface area (Å²) in [5.41, 5.74) is 1.01. The normalized spacial score (nSPS) is 15.9. The highest BCUT2D eigenvalue weighted by Crippen LogP contribution is 2.28. The lowest BCUT2D eigenvalue weighted by Gasteiger charge is -2.26. The summed E-state index contributed by atoms with van der Waals surface area (Å²) in [6.07, 6.45) is 0.514. The third kappa shape index (κ3) is 3.13. The Hall–Kier alpha value is -1.53. The number of carbonyl (C=O) groups is 1. The number of hydrogen-bond acceptors (Lipinski definition) is 4. The van der Waals surface area contributed by atoms with E-state index in [1.807, 2.05) is 31.2 Å². The molecule has 0 bridgehead atoms. The maximum absolute atomic E-state index is 11.3. The predicted octanol–water partition coefficient (Wildman–Crippen LogP) is 2.50. The largest absolute Gasteiger partial charge is 0.480 e. The smallest absolute Gasteiger partial charge is 0.323 e. The van der Waals surface area contributed by atoms with Crippen LogP contribution in [0.15, 0.2) is 29.4 Å². The number of fused-ring (bicyclic) bond motifs is 1. The number of aliphatic carboxylic acids is 1. The van der Waals surface area contributed by atoms with Crippen LogP contribution in [0.3, 0.4) is 0 Å². The zero-order chi connectivity index (χ0) is 14.8. The number of likely N-dealkylation sites (N-methyl/N-ethyl adjacent to an activating group) is 1. The van der Waals surface area contributed by atoms with E-state index in [0.717, 1.165) is 16.2 Å². The van der Waals surface area contributed by atoms with Crippen LogP contribution in [0.5, 0.6) is 0 Å². The fourth-order valence-electron chi connectivity index (χ4n) is 2.09. The SMILES string of the molecule is CNC(C)(CC(C)Sc1nc2ccccc2[nH]1)C(=O)O. The molecule has 2 aromatic rings. The molecule has 2 unspecified atom stereocenters. The topological polar surface area (TPSA) is 78.0 Å². The van der Waals surface area contributed by atoms with Crippen LogP contribution in [0, 0.1) is 0 Å². The standard InChI is InChI=1S/C14H19N3O2S/c1-9(8-14(2,15-3)12(18)19)20-13-16-10-6-4-5-7-11(10)17-13/h4-7,9,15H,8H2,1-3H3,(H,16,17)(H,18,19). The summed E-state index contributed by atoms with van der Waals surface area (Å²) in [5.74, 6) is -0.836. The van der Waals surface area contributed by atoms with Crippen molar-refractivity contribution in [3.63, 3.8) is 0 Å². The second-order valence-electron chi connectivity index (χ2n) is 5.08. The van der Waals surface area contributed by atoms with Gasteiger partial charge in [-0.15, -0.1) is 0 Å². The minimum absolute atomic E-state index is 0.129. The van der Waals surface area contributed by atoms with E-state index in [9.17, 15) is 9.90 Å². The number of benzene rings is 1. The van der Waals surface area contributed by atoms with Crippen LogP contribution in [0.1, 0.15) is 20.3 Å². The van der Waals surface area contributed by atoms with Gasteiger partial charge in [-0.3, -0.25) is 4.79 Å². The van der Waals surface area contributed by atoms with Crippen LogP contribution in [-0.2, 0) is 4.79 Å². The molecule has 0 spiro atoms. The highest BCUT2D eigenvalue weighted by Gasteiger charge is 2.33. The fourth-order valence-corrected chi connectivity index (χ4v) is 3.21. The molecule has 3 N–H and O–H groups in total. The van der Waals surface area contributed by atoms with Crippen molar-refractivity contribution in [2.24, 2.45) is 0 Å². The second kappa shape index (κ2) is 5.85. The molecule has 20 heavy (non-hydrogen) atoms. The first-order chi connectivity index (χ1) is 9.44. The number of H-pyrrole nitrogens is 1. The van der Waals surface area contributed by atoms with E-state index in [4.69, 9.17) is 0 Å². The molecule has 0 fully saturated rings. The Bertz CT molecular complexity index is 580. The average Bonchev–Trinajstić information content (AvgIpc) is 2.79. The molecule has 0 saturated carbocycles. The Morgan fingerprint density at radius 1 is 1.55 bits per heavy atom. The third-order valence-electron chi connectivity index (χ3n) is 3.40. The van der Waals surface area contributed by atoms with Gasteiger partial charge in [0, 0.05) is 5.25 Å². The molecule has 1 aromatic heterocycles. The van der Waals surface area contributed by atoms with Gasteiger partial charge in [0.2, 0.25) is 0 Å². The molecule has 0 radical (unpaired) electrons. The van der Waals surface area contributed by atoms with E-state index in [2.05, 4.69) is 15.3 Å². The summed E-state index contributed by atoms with van der Waals surface area (Å²) in [6, 6.07) is 7.84. The minimum atomic E-state index is -0.918. The molecule has 2 atom stereocenters. The second-order valence-corrected chi connectivity index (χ2v) is 6.51. The zero-order valence-corrected chi connectivity index (χ0v) is 12.6. The molecule has 108 valence electrons. The van der Waals surface area contributed by atoms with Crippen molar-refractivity contribution in [2.45, 2.75) is 36.2 Å². The van der Waals surface area contributed by atoms with Crippen molar-refractivity contribution >= 4 is 28.8 Å². The van der Waals surface area contributed by atoms with Crippen molar-refractivity contribution in [1.82, 2.24) is 15.3 Å². The summed E-state index contributed by atoms with van der Waals surface area (Å²) >= 11 is 1.56. The highest BCUT2D eigenvalue weighted by molar-refractivity contribution is 7.99. The number of hydrogen-bond donors (Lipinski definition) is 3. The maximum Gasteiger partial charge on any atom is 0.323 e. The molecule has 1 aromatic carbocycles. The molecule has 0 amide bonds. The van der Waals surface area contributed by atoms with Gasteiger partial charge in [-0.2, -0.15) is 0 Å². The van der Waals surface area contributed by atoms with Gasteiger partial charge in [0.1, 0.15) is 5.54 Å². The Balaban J connectivity index is 2.07. The lowest BCUT2D eigenvalue weighted by atomic mass is 9.97. The number of thioether (sulfide) groups is 1. The number of nitrogens with one attached hydrogen (secondary N) is 2. The van der Waals surface area contributed by atoms with Crippen LogP contribution in [0.2, 0.25) is 0 Å². The van der Waals surface area contributed by atoms with Crippen LogP contribution in [0.25, 0.3) is 11.0 Å². The lowest BCUT2D eigenvalue weighted by molar-refractivity contribution is -0.144. The van der Waals surface area contributed by atoms with Crippen LogP contribution in [-0.4, -0.2) is 38.9 Å². The first kappa shape index (κ1) is 14.9. The quantitative estimate of drug-likeness (QED) is 0.713. The van der Waals surface area contributed by atoms with E-state index >= 15 is 0 Å². The molecule has 1 heterocycles. The summed E-state index contributed by atoms with van der Waals surface area (Å²) in [5, 5.41) is 13.1. The van der Waals surface area contributed by atoms with Gasteiger partial charge in [-0.05, 0) is 32.5 Å². The highest BCUT2D eigenvalue weighted by atomic mass is 32.2. The van der Waals surface area contributed by atoms with Crippen molar-refractivity contribution < 1.29 is 9.90 Å².